The van der Waals surface area contributed by atoms with Crippen molar-refractivity contribution in [3.63, 3.8) is 0 Å². The van der Waals surface area contributed by atoms with Crippen molar-refractivity contribution in [2.45, 2.75) is 19.8 Å². The van der Waals surface area contributed by atoms with Gasteiger partial charge in [0.1, 0.15) is 0 Å². The molecule has 0 aliphatic carbocycles. The third kappa shape index (κ3) is 2.07. The first-order chi connectivity index (χ1) is 7.22. The lowest BCUT2D eigenvalue weighted by Gasteiger charge is -2.00. The van der Waals surface area contributed by atoms with Gasteiger partial charge in [0.2, 0.25) is 0 Å². The fourth-order valence-corrected chi connectivity index (χ4v) is 2.77. The van der Waals surface area contributed by atoms with Crippen molar-refractivity contribution >= 4 is 34.0 Å². The molecule has 2 N–H and O–H groups in total. The summed E-state index contributed by atoms with van der Waals surface area (Å²) in [6.07, 6.45) is 2.22. The first-order valence-corrected chi connectivity index (χ1v) is 5.96. The molecule has 0 aliphatic rings. The van der Waals surface area contributed by atoms with Crippen LogP contribution in [0.4, 0.5) is 0 Å². The molecule has 0 saturated carbocycles. The number of hydrogen-bond donors (Lipinski definition) is 2. The van der Waals surface area contributed by atoms with E-state index in [0.717, 1.165) is 17.5 Å². The van der Waals surface area contributed by atoms with Gasteiger partial charge in [0.15, 0.2) is 0 Å². The van der Waals surface area contributed by atoms with Crippen LogP contribution < -0.4 is 5.46 Å². The summed E-state index contributed by atoms with van der Waals surface area (Å²) in [4.78, 5) is 0. The summed E-state index contributed by atoms with van der Waals surface area (Å²) in [6, 6.07) is 5.61. The minimum atomic E-state index is -1.37. The smallest absolute Gasteiger partial charge is 0.423 e. The predicted molar refractivity (Wildman–Crippen MR) is 65.6 cm³/mol. The summed E-state index contributed by atoms with van der Waals surface area (Å²) in [5, 5.41) is 21.5. The second-order valence-corrected chi connectivity index (χ2v) is 4.55. The molecule has 15 heavy (non-hydrogen) atoms. The van der Waals surface area contributed by atoms with Crippen molar-refractivity contribution < 1.29 is 10.0 Å². The van der Waals surface area contributed by atoms with Gasteiger partial charge in [-0.2, -0.15) is 0 Å². The highest BCUT2D eigenvalue weighted by molar-refractivity contribution is 7.17. The van der Waals surface area contributed by atoms with Crippen molar-refractivity contribution in [2.75, 3.05) is 0 Å². The normalized spacial score (nSPS) is 10.9. The molecule has 1 aromatic carbocycles. The molecule has 4 heteroatoms. The Hall–Kier alpha value is -0.835. The summed E-state index contributed by atoms with van der Waals surface area (Å²) in [5.41, 5.74) is 1.92. The number of benzene rings is 1. The van der Waals surface area contributed by atoms with E-state index in [9.17, 15) is 0 Å². The van der Waals surface area contributed by atoms with Gasteiger partial charge in [0, 0.05) is 4.70 Å². The molecule has 0 atom stereocenters. The van der Waals surface area contributed by atoms with E-state index in [1.807, 2.05) is 12.1 Å². The highest BCUT2D eigenvalue weighted by atomic mass is 32.1. The minimum absolute atomic E-state index is 0.562. The zero-order valence-electron chi connectivity index (χ0n) is 8.60. The highest BCUT2D eigenvalue weighted by Gasteiger charge is 2.12. The molecule has 0 aliphatic heterocycles. The Balaban J connectivity index is 2.47. The van der Waals surface area contributed by atoms with Gasteiger partial charge in [0.05, 0.1) is 0 Å². The summed E-state index contributed by atoms with van der Waals surface area (Å²) in [5.74, 6) is 0. The summed E-state index contributed by atoms with van der Waals surface area (Å²) < 4.78 is 1.13. The van der Waals surface area contributed by atoms with Gasteiger partial charge in [-0.3, -0.25) is 0 Å². The number of rotatable bonds is 3. The second-order valence-electron chi connectivity index (χ2n) is 3.64. The van der Waals surface area contributed by atoms with E-state index < -0.39 is 7.12 Å². The van der Waals surface area contributed by atoms with Gasteiger partial charge in [-0.25, -0.2) is 0 Å². The fourth-order valence-electron chi connectivity index (χ4n) is 1.72. The largest absolute Gasteiger partial charge is 0.488 e. The van der Waals surface area contributed by atoms with Crippen LogP contribution in [0.15, 0.2) is 23.6 Å². The average molecular weight is 220 g/mol. The summed E-state index contributed by atoms with van der Waals surface area (Å²) >= 11 is 1.66. The molecular formula is C11H13BO2S. The van der Waals surface area contributed by atoms with Gasteiger partial charge in [-0.1, -0.05) is 25.5 Å². The van der Waals surface area contributed by atoms with Gasteiger partial charge < -0.3 is 10.0 Å². The van der Waals surface area contributed by atoms with Gasteiger partial charge >= 0.3 is 7.12 Å². The van der Waals surface area contributed by atoms with Crippen LogP contribution in [0.3, 0.4) is 0 Å². The summed E-state index contributed by atoms with van der Waals surface area (Å²) in [6.45, 7) is 2.16. The second kappa shape index (κ2) is 4.35. The molecule has 0 bridgehead atoms. The topological polar surface area (TPSA) is 40.5 Å². The van der Waals surface area contributed by atoms with Gasteiger partial charge in [-0.05, 0) is 34.3 Å². The number of thiophene rings is 1. The van der Waals surface area contributed by atoms with E-state index in [1.165, 1.54) is 10.9 Å². The molecule has 0 radical (unpaired) electrons. The van der Waals surface area contributed by atoms with Crippen LogP contribution in [0, 0.1) is 0 Å². The van der Waals surface area contributed by atoms with E-state index in [0.29, 0.717) is 5.46 Å². The van der Waals surface area contributed by atoms with Crippen LogP contribution in [0.25, 0.3) is 10.1 Å². The highest BCUT2D eigenvalue weighted by Crippen LogP contribution is 2.25. The van der Waals surface area contributed by atoms with Gasteiger partial charge in [0.25, 0.3) is 0 Å². The van der Waals surface area contributed by atoms with Crippen LogP contribution in [0.1, 0.15) is 18.9 Å². The first-order valence-electron chi connectivity index (χ1n) is 5.08. The Morgan fingerprint density at radius 2 is 2.13 bits per heavy atom. The molecular weight excluding hydrogens is 207 g/mol. The van der Waals surface area contributed by atoms with Crippen LogP contribution in [-0.2, 0) is 6.42 Å². The van der Waals surface area contributed by atoms with Crippen molar-refractivity contribution in [3.05, 3.63) is 29.1 Å². The lowest BCUT2D eigenvalue weighted by Crippen LogP contribution is -2.29. The van der Waals surface area contributed by atoms with Crippen molar-refractivity contribution in [3.8, 4) is 0 Å². The monoisotopic (exact) mass is 220 g/mol. The molecule has 78 valence electrons. The fraction of sp³-hybridized carbons (Fsp3) is 0.273. The third-order valence-corrected chi connectivity index (χ3v) is 3.49. The Morgan fingerprint density at radius 1 is 1.33 bits per heavy atom. The molecule has 2 nitrogen and oxygen atoms in total. The predicted octanol–water partition coefficient (Wildman–Crippen LogP) is 1.53. The van der Waals surface area contributed by atoms with Crippen LogP contribution in [-0.4, -0.2) is 17.2 Å². The summed E-state index contributed by atoms with van der Waals surface area (Å²) in [7, 11) is -1.37. The maximum absolute atomic E-state index is 9.05. The minimum Gasteiger partial charge on any atom is -0.423 e. The zero-order valence-corrected chi connectivity index (χ0v) is 9.42. The Bertz CT molecular complexity index is 465. The standard InChI is InChI=1S/C11H13BO2S/c1-2-3-8-7-15-11-6-9(12(13)14)4-5-10(8)11/h4-7,13-14H,2-3H2,1H3. The van der Waals surface area contributed by atoms with E-state index in [2.05, 4.69) is 12.3 Å². The van der Waals surface area contributed by atoms with E-state index in [-0.39, 0.29) is 0 Å². The average Bonchev–Trinajstić information content (AvgIpc) is 2.61. The molecule has 0 saturated heterocycles. The Kier molecular flexibility index (Phi) is 3.10. The lowest BCUT2D eigenvalue weighted by atomic mass is 9.80. The molecule has 2 rings (SSSR count). The van der Waals surface area contributed by atoms with E-state index >= 15 is 0 Å². The Labute approximate surface area is 93.3 Å². The number of hydrogen-bond acceptors (Lipinski definition) is 3. The quantitative estimate of drug-likeness (QED) is 0.770. The molecule has 0 fully saturated rings. The van der Waals surface area contributed by atoms with E-state index in [4.69, 9.17) is 10.0 Å². The third-order valence-electron chi connectivity index (χ3n) is 2.50. The van der Waals surface area contributed by atoms with Crippen molar-refractivity contribution in [2.24, 2.45) is 0 Å². The molecule has 2 aromatic rings. The SMILES string of the molecule is CCCc1csc2cc(B(O)O)ccc12. The van der Waals surface area contributed by atoms with Gasteiger partial charge in [-0.15, -0.1) is 11.3 Å². The maximum Gasteiger partial charge on any atom is 0.488 e. The van der Waals surface area contributed by atoms with Crippen LogP contribution >= 0.6 is 11.3 Å². The molecule has 0 unspecified atom stereocenters. The van der Waals surface area contributed by atoms with Crippen LogP contribution in [0.2, 0.25) is 0 Å². The molecule has 0 amide bonds. The number of fused-ring (bicyclic) bond motifs is 1. The van der Waals surface area contributed by atoms with Crippen molar-refractivity contribution in [1.29, 1.82) is 0 Å². The number of aryl methyl sites for hydroxylation is 1. The maximum atomic E-state index is 9.05. The zero-order chi connectivity index (χ0) is 10.8. The first kappa shape index (κ1) is 10.7. The van der Waals surface area contributed by atoms with Crippen LogP contribution in [0.5, 0.6) is 0 Å². The van der Waals surface area contributed by atoms with E-state index in [1.54, 1.807) is 17.4 Å². The molecule has 1 aromatic heterocycles. The lowest BCUT2D eigenvalue weighted by molar-refractivity contribution is 0.426. The molecule has 0 spiro atoms. The van der Waals surface area contributed by atoms with Crippen molar-refractivity contribution in [1.82, 2.24) is 0 Å². The Morgan fingerprint density at radius 3 is 2.80 bits per heavy atom. The molecule has 1 heterocycles.